The van der Waals surface area contributed by atoms with E-state index < -0.39 is 0 Å². The zero-order valence-corrected chi connectivity index (χ0v) is 20.0. The lowest BCUT2D eigenvalue weighted by atomic mass is 9.90. The van der Waals surface area contributed by atoms with Crippen LogP contribution in [0, 0.1) is 11.7 Å². The van der Waals surface area contributed by atoms with E-state index in [9.17, 15) is 4.39 Å². The molecule has 174 valence electrons. The van der Waals surface area contributed by atoms with Gasteiger partial charge in [0.15, 0.2) is 0 Å². The molecule has 2 fully saturated rings. The fourth-order valence-corrected chi connectivity index (χ4v) is 5.52. The largest absolute Gasteiger partial charge is 0.368 e. The van der Waals surface area contributed by atoms with E-state index in [1.165, 1.54) is 89.9 Å². The Morgan fingerprint density at radius 1 is 0.875 bits per heavy atom. The van der Waals surface area contributed by atoms with E-state index in [0.717, 1.165) is 12.0 Å². The van der Waals surface area contributed by atoms with Crippen LogP contribution in [-0.4, -0.2) is 62.2 Å². The summed E-state index contributed by atoms with van der Waals surface area (Å²) in [7, 11) is 2.26. The molecule has 0 spiro atoms. The summed E-state index contributed by atoms with van der Waals surface area (Å²) in [5.41, 5.74) is 4.73. The first-order valence-electron chi connectivity index (χ1n) is 12.6. The van der Waals surface area contributed by atoms with Gasteiger partial charge < -0.3 is 14.7 Å². The quantitative estimate of drug-likeness (QED) is 0.647. The van der Waals surface area contributed by atoms with Gasteiger partial charge in [0.05, 0.1) is 0 Å². The van der Waals surface area contributed by atoms with Gasteiger partial charge in [0, 0.05) is 31.4 Å². The molecule has 0 unspecified atom stereocenters. The number of benzene rings is 2. The molecule has 3 nitrogen and oxygen atoms in total. The van der Waals surface area contributed by atoms with Crippen molar-refractivity contribution in [2.75, 3.05) is 51.2 Å². The van der Waals surface area contributed by atoms with Gasteiger partial charge in [-0.2, -0.15) is 0 Å². The summed E-state index contributed by atoms with van der Waals surface area (Å²) in [4.78, 5) is 7.83. The van der Waals surface area contributed by atoms with E-state index in [4.69, 9.17) is 0 Å². The third-order valence-corrected chi connectivity index (χ3v) is 7.62. The van der Waals surface area contributed by atoms with E-state index in [2.05, 4.69) is 46.9 Å². The van der Waals surface area contributed by atoms with Gasteiger partial charge in [-0.25, -0.2) is 4.39 Å². The van der Waals surface area contributed by atoms with Gasteiger partial charge in [-0.05, 0) is 100 Å². The van der Waals surface area contributed by atoms with Crippen molar-refractivity contribution in [2.24, 2.45) is 5.92 Å². The summed E-state index contributed by atoms with van der Waals surface area (Å²) < 4.78 is 11.9. The molecule has 3 aliphatic heterocycles. The van der Waals surface area contributed by atoms with Crippen LogP contribution in [0.3, 0.4) is 0 Å². The number of hydrogen-bond donors (Lipinski definition) is 0. The Hall–Kier alpha value is -1.91. The average molecular weight is 438 g/mol. The van der Waals surface area contributed by atoms with Crippen molar-refractivity contribution in [3.05, 3.63) is 65.5 Å². The Balaban J connectivity index is 0.000000300. The van der Waals surface area contributed by atoms with Crippen LogP contribution in [0.1, 0.15) is 43.7 Å². The Kier molecular flexibility index (Phi) is 8.20. The van der Waals surface area contributed by atoms with Crippen molar-refractivity contribution < 1.29 is 4.39 Å². The Labute approximate surface area is 194 Å². The molecule has 2 saturated heterocycles. The number of anilines is 1. The van der Waals surface area contributed by atoms with Crippen molar-refractivity contribution in [1.29, 1.82) is 0 Å². The van der Waals surface area contributed by atoms with Gasteiger partial charge >= 0.3 is 0 Å². The molecule has 32 heavy (non-hydrogen) atoms. The van der Waals surface area contributed by atoms with Crippen molar-refractivity contribution in [1.82, 2.24) is 9.80 Å². The zero-order valence-electron chi connectivity index (χ0n) is 20.0. The molecule has 5 rings (SSSR count). The van der Waals surface area contributed by atoms with Crippen molar-refractivity contribution in [2.45, 2.75) is 51.5 Å². The smallest absolute Gasteiger partial charge is 0.123 e. The van der Waals surface area contributed by atoms with Crippen molar-refractivity contribution >= 4 is 5.69 Å². The van der Waals surface area contributed by atoms with Crippen molar-refractivity contribution in [3.63, 3.8) is 0 Å². The molecular formula is C28H40FN3. The van der Waals surface area contributed by atoms with Crippen LogP contribution >= 0.6 is 0 Å². The fraction of sp³-hybridized carbons (Fsp3) is 0.571. The van der Waals surface area contributed by atoms with E-state index in [1.807, 2.05) is 0 Å². The van der Waals surface area contributed by atoms with Crippen LogP contribution in [0.2, 0.25) is 0 Å². The molecule has 0 saturated carbocycles. The summed E-state index contributed by atoms with van der Waals surface area (Å²) in [6, 6.07) is 16.1. The average Bonchev–Trinajstić information content (AvgIpc) is 3.25. The number of hydrogen-bond acceptors (Lipinski definition) is 3. The molecule has 0 radical (unpaired) electrons. The summed E-state index contributed by atoms with van der Waals surface area (Å²) in [5.74, 6) is 0.708. The Bertz CT molecular complexity index is 824. The minimum Gasteiger partial charge on any atom is -0.368 e. The van der Waals surface area contributed by atoms with Crippen LogP contribution in [-0.2, 0) is 12.8 Å². The number of halogens is 1. The first-order chi connectivity index (χ1) is 15.6. The van der Waals surface area contributed by atoms with E-state index in [-0.39, 0.29) is 5.82 Å². The number of piperidine rings is 2. The molecule has 0 atom stereocenters. The number of fused-ring (bicyclic) bond motifs is 1. The lowest BCUT2D eigenvalue weighted by Gasteiger charge is -2.38. The summed E-state index contributed by atoms with van der Waals surface area (Å²) in [6.45, 7) is 9.86. The number of likely N-dealkylation sites (tertiary alicyclic amines) is 2. The molecule has 0 aliphatic carbocycles. The van der Waals surface area contributed by atoms with Gasteiger partial charge in [-0.3, -0.25) is 0 Å². The van der Waals surface area contributed by atoms with Gasteiger partial charge in [-0.1, -0.05) is 37.3 Å². The van der Waals surface area contributed by atoms with E-state index in [1.54, 1.807) is 35.0 Å². The maximum Gasteiger partial charge on any atom is 0.123 e. The van der Waals surface area contributed by atoms with E-state index in [0.29, 0.717) is 0 Å². The standard InChI is InChI=1S/C22H35N3.C6H5F/c1-3-24-13-9-21(10-14-24)25-15-8-20-5-4-19(17-22(20)25)16-18-6-11-23(2)12-7-18;7-6-4-2-1-3-5-6/h4-5,17-18,21H,3,6-16H2,1-2H3;1-5H. The molecule has 0 aromatic heterocycles. The minimum atomic E-state index is -0.178. The highest BCUT2D eigenvalue weighted by atomic mass is 19.1. The predicted molar refractivity (Wildman–Crippen MR) is 133 cm³/mol. The minimum absolute atomic E-state index is 0.178. The van der Waals surface area contributed by atoms with Crippen LogP contribution in [0.5, 0.6) is 0 Å². The molecule has 0 bridgehead atoms. The lowest BCUT2D eigenvalue weighted by molar-refractivity contribution is 0.218. The molecule has 3 aliphatic rings. The second kappa shape index (κ2) is 11.3. The number of nitrogens with zero attached hydrogens (tertiary/aromatic N) is 3. The maximum absolute atomic E-state index is 11.9. The zero-order chi connectivity index (χ0) is 22.3. The molecule has 4 heteroatoms. The third kappa shape index (κ3) is 6.11. The Morgan fingerprint density at radius 3 is 2.22 bits per heavy atom. The Morgan fingerprint density at radius 2 is 1.59 bits per heavy atom. The predicted octanol–water partition coefficient (Wildman–Crippen LogP) is 5.24. The van der Waals surface area contributed by atoms with E-state index >= 15 is 0 Å². The summed E-state index contributed by atoms with van der Waals surface area (Å²) in [5, 5.41) is 0. The van der Waals surface area contributed by atoms with Crippen LogP contribution in [0.15, 0.2) is 48.5 Å². The summed E-state index contributed by atoms with van der Waals surface area (Å²) in [6.07, 6.45) is 7.94. The third-order valence-electron chi connectivity index (χ3n) is 7.62. The molecule has 2 aromatic carbocycles. The molecule has 0 amide bonds. The van der Waals surface area contributed by atoms with Gasteiger partial charge in [-0.15, -0.1) is 0 Å². The van der Waals surface area contributed by atoms with Gasteiger partial charge in [0.2, 0.25) is 0 Å². The van der Waals surface area contributed by atoms with Gasteiger partial charge in [0.25, 0.3) is 0 Å². The summed E-state index contributed by atoms with van der Waals surface area (Å²) >= 11 is 0. The fourth-order valence-electron chi connectivity index (χ4n) is 5.52. The van der Waals surface area contributed by atoms with Crippen LogP contribution < -0.4 is 4.90 Å². The van der Waals surface area contributed by atoms with Crippen molar-refractivity contribution in [3.8, 4) is 0 Å². The topological polar surface area (TPSA) is 9.72 Å². The highest BCUT2D eigenvalue weighted by Gasteiger charge is 2.29. The highest BCUT2D eigenvalue weighted by Crippen LogP contribution is 2.34. The molecule has 0 N–H and O–H groups in total. The molecule has 2 aromatic rings. The first-order valence-corrected chi connectivity index (χ1v) is 12.6. The van der Waals surface area contributed by atoms with Crippen LogP contribution in [0.25, 0.3) is 0 Å². The molecule has 3 heterocycles. The second-order valence-electron chi connectivity index (χ2n) is 9.82. The first kappa shape index (κ1) is 23.3. The SMILES string of the molecule is CCN1CCC(N2CCc3ccc(CC4CCN(C)CC4)cc32)CC1.Fc1ccccc1. The molecular weight excluding hydrogens is 397 g/mol. The lowest BCUT2D eigenvalue weighted by Crippen LogP contribution is -2.44. The normalized spacial score (nSPS) is 20.7. The second-order valence-corrected chi connectivity index (χ2v) is 9.82. The van der Waals surface area contributed by atoms with Gasteiger partial charge in [0.1, 0.15) is 5.82 Å². The highest BCUT2D eigenvalue weighted by molar-refractivity contribution is 5.60. The monoisotopic (exact) mass is 437 g/mol. The number of rotatable bonds is 4. The van der Waals surface area contributed by atoms with Crippen LogP contribution in [0.4, 0.5) is 10.1 Å². The maximum atomic E-state index is 11.9.